The molecule has 0 spiro atoms. The lowest BCUT2D eigenvalue weighted by atomic mass is 10.2. The summed E-state index contributed by atoms with van der Waals surface area (Å²) >= 11 is 5.89. The Kier molecular flexibility index (Phi) is 6.49. The normalized spacial score (nSPS) is 10.7. The second-order valence-electron chi connectivity index (χ2n) is 5.93. The van der Waals surface area contributed by atoms with Gasteiger partial charge in [0.05, 0.1) is 20.5 Å². The van der Waals surface area contributed by atoms with Crippen molar-refractivity contribution in [3.8, 4) is 11.5 Å². The van der Waals surface area contributed by atoms with Gasteiger partial charge in [-0.25, -0.2) is 4.98 Å². The number of halogens is 1. The fourth-order valence-corrected chi connectivity index (χ4v) is 2.83. The van der Waals surface area contributed by atoms with Crippen LogP contribution < -0.4 is 20.1 Å². The van der Waals surface area contributed by atoms with Crippen LogP contribution in [0, 0.1) is 0 Å². The first-order valence-corrected chi connectivity index (χ1v) is 9.06. The summed E-state index contributed by atoms with van der Waals surface area (Å²) in [4.78, 5) is 27.3. The summed E-state index contributed by atoms with van der Waals surface area (Å²) in [6.07, 6.45) is 2.53. The van der Waals surface area contributed by atoms with E-state index < -0.39 is 0 Å². The highest BCUT2D eigenvalue weighted by Gasteiger charge is 2.10. The van der Waals surface area contributed by atoms with Crippen LogP contribution in [0.4, 0.5) is 5.82 Å². The SMILES string of the molecule is COc1ccc(CNC(=O)CCCNc2nc(Cl)nc3nc[nH]c23)c(OC)c1. The quantitative estimate of drug-likeness (QED) is 0.371. The van der Waals surface area contributed by atoms with E-state index in [1.54, 1.807) is 20.3 Å². The van der Waals surface area contributed by atoms with Gasteiger partial charge in [-0.1, -0.05) is 0 Å². The van der Waals surface area contributed by atoms with Crippen molar-refractivity contribution in [3.63, 3.8) is 0 Å². The van der Waals surface area contributed by atoms with Crippen molar-refractivity contribution < 1.29 is 14.3 Å². The number of nitrogens with zero attached hydrogens (tertiary/aromatic N) is 3. The second-order valence-corrected chi connectivity index (χ2v) is 6.27. The van der Waals surface area contributed by atoms with E-state index in [1.807, 2.05) is 12.1 Å². The Hall–Kier alpha value is -3.07. The number of carbonyl (C=O) groups is 1. The molecule has 0 aliphatic heterocycles. The topological polar surface area (TPSA) is 114 Å². The Morgan fingerprint density at radius 1 is 1.25 bits per heavy atom. The maximum absolute atomic E-state index is 12.1. The molecule has 0 saturated heterocycles. The number of benzene rings is 1. The van der Waals surface area contributed by atoms with E-state index in [-0.39, 0.29) is 11.2 Å². The summed E-state index contributed by atoms with van der Waals surface area (Å²) < 4.78 is 10.5. The van der Waals surface area contributed by atoms with Crippen LogP contribution in [0.5, 0.6) is 11.5 Å². The lowest BCUT2D eigenvalue weighted by molar-refractivity contribution is -0.121. The number of nitrogens with one attached hydrogen (secondary N) is 3. The van der Waals surface area contributed by atoms with Crippen LogP contribution in [-0.4, -0.2) is 46.6 Å². The van der Waals surface area contributed by atoms with Gasteiger partial charge < -0.3 is 25.1 Å². The molecule has 2 aromatic heterocycles. The van der Waals surface area contributed by atoms with Crippen molar-refractivity contribution in [1.29, 1.82) is 0 Å². The third-order valence-electron chi connectivity index (χ3n) is 4.10. The molecule has 28 heavy (non-hydrogen) atoms. The molecule has 148 valence electrons. The number of rotatable bonds is 9. The zero-order chi connectivity index (χ0) is 19.9. The number of imidazole rings is 1. The number of H-pyrrole nitrogens is 1. The summed E-state index contributed by atoms with van der Waals surface area (Å²) in [7, 11) is 3.18. The molecular weight excluding hydrogens is 384 g/mol. The number of aromatic nitrogens is 4. The Labute approximate surface area is 166 Å². The molecule has 0 radical (unpaired) electrons. The Bertz CT molecular complexity index is 962. The van der Waals surface area contributed by atoms with E-state index in [4.69, 9.17) is 21.1 Å². The monoisotopic (exact) mass is 404 g/mol. The van der Waals surface area contributed by atoms with Gasteiger partial charge in [0.25, 0.3) is 0 Å². The highest BCUT2D eigenvalue weighted by Crippen LogP contribution is 2.24. The minimum atomic E-state index is -0.0490. The van der Waals surface area contributed by atoms with Gasteiger partial charge in [0.2, 0.25) is 11.2 Å². The highest BCUT2D eigenvalue weighted by atomic mass is 35.5. The van der Waals surface area contributed by atoms with Crippen LogP contribution in [-0.2, 0) is 11.3 Å². The Morgan fingerprint density at radius 3 is 2.89 bits per heavy atom. The molecule has 0 aliphatic carbocycles. The molecule has 0 fully saturated rings. The molecule has 3 N–H and O–H groups in total. The molecular formula is C18H21ClN6O3. The van der Waals surface area contributed by atoms with E-state index >= 15 is 0 Å². The smallest absolute Gasteiger partial charge is 0.226 e. The standard InChI is InChI=1S/C18H21ClN6O3/c1-27-12-6-5-11(13(8-12)28-2)9-21-14(26)4-3-7-20-16-15-17(23-10-22-15)25-18(19)24-16/h5-6,8,10H,3-4,7,9H2,1-2H3,(H,21,26)(H2,20,22,23,24,25). The largest absolute Gasteiger partial charge is 0.497 e. The van der Waals surface area contributed by atoms with Gasteiger partial charge in [-0.2, -0.15) is 9.97 Å². The van der Waals surface area contributed by atoms with Gasteiger partial charge in [0.15, 0.2) is 11.5 Å². The third-order valence-corrected chi connectivity index (χ3v) is 4.27. The molecule has 1 aromatic carbocycles. The zero-order valence-corrected chi connectivity index (χ0v) is 16.3. The fraction of sp³-hybridized carbons (Fsp3) is 0.333. The Morgan fingerprint density at radius 2 is 2.11 bits per heavy atom. The van der Waals surface area contributed by atoms with Gasteiger partial charge in [0, 0.05) is 31.1 Å². The number of ether oxygens (including phenoxy) is 2. The zero-order valence-electron chi connectivity index (χ0n) is 15.6. The average molecular weight is 405 g/mol. The summed E-state index contributed by atoms with van der Waals surface area (Å²) in [5.74, 6) is 1.89. The summed E-state index contributed by atoms with van der Waals surface area (Å²) in [6.45, 7) is 0.941. The van der Waals surface area contributed by atoms with Crippen LogP contribution in [0.2, 0.25) is 5.28 Å². The van der Waals surface area contributed by atoms with Crippen molar-refractivity contribution in [2.45, 2.75) is 19.4 Å². The van der Waals surface area contributed by atoms with Gasteiger partial charge in [0.1, 0.15) is 17.0 Å². The first-order chi connectivity index (χ1) is 13.6. The first-order valence-electron chi connectivity index (χ1n) is 8.69. The van der Waals surface area contributed by atoms with Crippen molar-refractivity contribution in [1.82, 2.24) is 25.3 Å². The number of aromatic amines is 1. The molecule has 0 aliphatic rings. The van der Waals surface area contributed by atoms with E-state index in [9.17, 15) is 4.79 Å². The molecule has 9 nitrogen and oxygen atoms in total. The van der Waals surface area contributed by atoms with Crippen LogP contribution in [0.3, 0.4) is 0 Å². The minimum absolute atomic E-state index is 0.0490. The molecule has 3 rings (SSSR count). The maximum atomic E-state index is 12.1. The van der Waals surface area contributed by atoms with E-state index in [0.717, 1.165) is 5.56 Å². The van der Waals surface area contributed by atoms with E-state index in [1.165, 1.54) is 6.33 Å². The van der Waals surface area contributed by atoms with Crippen molar-refractivity contribution >= 4 is 34.5 Å². The number of carbonyl (C=O) groups excluding carboxylic acids is 1. The van der Waals surface area contributed by atoms with Crippen LogP contribution in [0.15, 0.2) is 24.5 Å². The fourth-order valence-electron chi connectivity index (χ4n) is 2.67. The summed E-state index contributed by atoms with van der Waals surface area (Å²) in [6, 6.07) is 5.49. The lowest BCUT2D eigenvalue weighted by Crippen LogP contribution is -2.23. The number of hydrogen-bond acceptors (Lipinski definition) is 7. The number of fused-ring (bicyclic) bond motifs is 1. The molecule has 0 atom stereocenters. The van der Waals surface area contributed by atoms with Crippen LogP contribution in [0.1, 0.15) is 18.4 Å². The van der Waals surface area contributed by atoms with Gasteiger partial charge in [-0.15, -0.1) is 0 Å². The van der Waals surface area contributed by atoms with Gasteiger partial charge >= 0.3 is 0 Å². The average Bonchev–Trinajstić information content (AvgIpc) is 3.17. The number of anilines is 1. The summed E-state index contributed by atoms with van der Waals surface area (Å²) in [5, 5.41) is 6.17. The molecule has 0 unspecified atom stereocenters. The molecule has 0 saturated carbocycles. The van der Waals surface area contributed by atoms with Crippen LogP contribution in [0.25, 0.3) is 11.2 Å². The Balaban J connectivity index is 1.45. The number of amides is 1. The number of methoxy groups -OCH3 is 2. The molecule has 2 heterocycles. The minimum Gasteiger partial charge on any atom is -0.497 e. The van der Waals surface area contributed by atoms with Gasteiger partial charge in [-0.05, 0) is 30.2 Å². The first kappa shape index (κ1) is 19.7. The summed E-state index contributed by atoms with van der Waals surface area (Å²) in [5.41, 5.74) is 2.06. The van der Waals surface area contributed by atoms with E-state index in [2.05, 4.69) is 30.6 Å². The predicted molar refractivity (Wildman–Crippen MR) is 106 cm³/mol. The lowest BCUT2D eigenvalue weighted by Gasteiger charge is -2.11. The highest BCUT2D eigenvalue weighted by molar-refractivity contribution is 6.28. The van der Waals surface area contributed by atoms with Crippen LogP contribution >= 0.6 is 11.6 Å². The van der Waals surface area contributed by atoms with Crippen molar-refractivity contribution in [3.05, 3.63) is 35.4 Å². The molecule has 1 amide bonds. The van der Waals surface area contributed by atoms with Gasteiger partial charge in [-0.3, -0.25) is 4.79 Å². The van der Waals surface area contributed by atoms with E-state index in [0.29, 0.717) is 54.4 Å². The maximum Gasteiger partial charge on any atom is 0.226 e. The molecule has 3 aromatic rings. The molecule has 10 heteroatoms. The van der Waals surface area contributed by atoms with Crippen molar-refractivity contribution in [2.75, 3.05) is 26.1 Å². The van der Waals surface area contributed by atoms with Crippen molar-refractivity contribution in [2.24, 2.45) is 0 Å². The third kappa shape index (κ3) is 4.80. The second kappa shape index (κ2) is 9.23. The predicted octanol–water partition coefficient (Wildman–Crippen LogP) is 2.53. The number of hydrogen-bond donors (Lipinski definition) is 3. The molecule has 0 bridgehead atoms.